The molecule has 0 aliphatic heterocycles. The van der Waals surface area contributed by atoms with Crippen LogP contribution in [0.3, 0.4) is 0 Å². The summed E-state index contributed by atoms with van der Waals surface area (Å²) in [5.74, 6) is 0. The highest BCUT2D eigenvalue weighted by atomic mass is 16.3. The van der Waals surface area contributed by atoms with Gasteiger partial charge in [-0.25, -0.2) is 0 Å². The molecule has 0 spiro atoms. The maximum atomic E-state index is 5.95. The summed E-state index contributed by atoms with van der Waals surface area (Å²) in [4.78, 5) is 0. The standard InChI is InChI=1S/C16H14O/c1-9-5-7-13-14-8-6-10(2)12(4)16(14)17-15(13)11(9)3/h5-8H,3-4H2,1-2H3. The Morgan fingerprint density at radius 2 is 1.18 bits per heavy atom. The maximum absolute atomic E-state index is 5.95. The zero-order valence-electron chi connectivity index (χ0n) is 10.1. The molecule has 0 saturated heterocycles. The average Bonchev–Trinajstić information content (AvgIpc) is 2.69. The largest absolute Gasteiger partial charge is 0.455 e. The van der Waals surface area contributed by atoms with Crippen LogP contribution in [0.15, 0.2) is 28.7 Å². The van der Waals surface area contributed by atoms with Gasteiger partial charge in [-0.1, -0.05) is 24.3 Å². The van der Waals surface area contributed by atoms with Crippen molar-refractivity contribution in [2.45, 2.75) is 13.8 Å². The van der Waals surface area contributed by atoms with Crippen LogP contribution in [0.2, 0.25) is 0 Å². The van der Waals surface area contributed by atoms with E-state index >= 15 is 0 Å². The van der Waals surface area contributed by atoms with E-state index in [0.29, 0.717) is 0 Å². The third-order valence-electron chi connectivity index (χ3n) is 3.48. The Morgan fingerprint density at radius 1 is 0.765 bits per heavy atom. The lowest BCUT2D eigenvalue weighted by molar-refractivity contribution is 0.664. The lowest BCUT2D eigenvalue weighted by Gasteiger charge is -1.98. The van der Waals surface area contributed by atoms with Gasteiger partial charge in [-0.2, -0.15) is 0 Å². The molecule has 0 amide bonds. The van der Waals surface area contributed by atoms with E-state index in [1.165, 1.54) is 0 Å². The number of benzene rings is 2. The van der Waals surface area contributed by atoms with Crippen LogP contribution in [0.4, 0.5) is 0 Å². The summed E-state index contributed by atoms with van der Waals surface area (Å²) in [5.41, 5.74) is 6.01. The molecular formula is C16H14O. The monoisotopic (exact) mass is 222 g/mol. The Balaban J connectivity index is 2.58. The number of fused-ring (bicyclic) bond motifs is 3. The Kier molecular flexibility index (Phi) is 2.06. The highest BCUT2D eigenvalue weighted by Crippen LogP contribution is 2.34. The van der Waals surface area contributed by atoms with Crippen molar-refractivity contribution in [1.29, 1.82) is 0 Å². The first-order valence-electron chi connectivity index (χ1n) is 5.69. The molecule has 0 bridgehead atoms. The molecule has 1 heterocycles. The number of hydrogen-bond donors (Lipinski definition) is 0. The van der Waals surface area contributed by atoms with Crippen LogP contribution in [0.1, 0.15) is 22.3 Å². The summed E-state index contributed by atoms with van der Waals surface area (Å²) in [7, 11) is 0. The summed E-state index contributed by atoms with van der Waals surface area (Å²) in [6, 6.07) is 8.37. The molecule has 0 atom stereocenters. The Bertz CT molecular complexity index is 670. The van der Waals surface area contributed by atoms with Crippen molar-refractivity contribution < 1.29 is 4.42 Å². The number of furan rings is 1. The van der Waals surface area contributed by atoms with Crippen molar-refractivity contribution in [3.8, 4) is 0 Å². The molecule has 1 heteroatoms. The van der Waals surface area contributed by atoms with Gasteiger partial charge in [0.25, 0.3) is 0 Å². The summed E-state index contributed by atoms with van der Waals surface area (Å²) >= 11 is 0. The Hall–Kier alpha value is -1.76. The third-order valence-corrected chi connectivity index (χ3v) is 3.48. The maximum Gasteiger partial charge on any atom is 0.138 e. The van der Waals surface area contributed by atoms with Gasteiger partial charge in [0.15, 0.2) is 0 Å². The topological polar surface area (TPSA) is 13.1 Å². The smallest absolute Gasteiger partial charge is 0.138 e. The van der Waals surface area contributed by atoms with E-state index in [1.54, 1.807) is 0 Å². The molecule has 0 aliphatic rings. The van der Waals surface area contributed by atoms with E-state index in [-0.39, 0.29) is 0 Å². The Morgan fingerprint density at radius 3 is 1.59 bits per heavy atom. The van der Waals surface area contributed by atoms with Gasteiger partial charge in [-0.3, -0.25) is 0 Å². The van der Waals surface area contributed by atoms with Crippen molar-refractivity contribution in [3.63, 3.8) is 0 Å². The normalized spacial score (nSPS) is 11.5. The second-order valence-electron chi connectivity index (χ2n) is 4.58. The first-order valence-corrected chi connectivity index (χ1v) is 5.69. The predicted octanol–water partition coefficient (Wildman–Crippen LogP) is 4.57. The van der Waals surface area contributed by atoms with E-state index in [4.69, 9.17) is 4.42 Å². The number of aryl methyl sites for hydroxylation is 2. The molecule has 84 valence electrons. The SMILES string of the molecule is [CH2]c1c(C)ccc2c1oc1c([CH2])c(C)ccc12. The van der Waals surface area contributed by atoms with Gasteiger partial charge in [-0.15, -0.1) is 0 Å². The molecule has 0 saturated carbocycles. The van der Waals surface area contributed by atoms with Crippen molar-refractivity contribution >= 4 is 21.9 Å². The van der Waals surface area contributed by atoms with Crippen LogP contribution in [0, 0.1) is 27.7 Å². The summed E-state index contributed by atoms with van der Waals surface area (Å²) in [6.07, 6.45) is 0. The van der Waals surface area contributed by atoms with E-state index in [9.17, 15) is 0 Å². The molecule has 3 aromatic rings. The fraction of sp³-hybridized carbons (Fsp3) is 0.125. The molecule has 0 aliphatic carbocycles. The summed E-state index contributed by atoms with van der Waals surface area (Å²) in [5, 5.41) is 2.25. The highest BCUT2D eigenvalue weighted by Gasteiger charge is 2.12. The predicted molar refractivity (Wildman–Crippen MR) is 72.1 cm³/mol. The molecule has 1 aromatic heterocycles. The zero-order chi connectivity index (χ0) is 12.2. The summed E-state index contributed by atoms with van der Waals surface area (Å²) < 4.78 is 5.95. The van der Waals surface area contributed by atoms with Crippen LogP contribution in [-0.4, -0.2) is 0 Å². The van der Waals surface area contributed by atoms with Crippen LogP contribution in [0.25, 0.3) is 21.9 Å². The quantitative estimate of drug-likeness (QED) is 0.543. The lowest BCUT2D eigenvalue weighted by Crippen LogP contribution is -1.80. The van der Waals surface area contributed by atoms with Crippen LogP contribution >= 0.6 is 0 Å². The number of hydrogen-bond acceptors (Lipinski definition) is 1. The van der Waals surface area contributed by atoms with Gasteiger partial charge >= 0.3 is 0 Å². The van der Waals surface area contributed by atoms with E-state index in [2.05, 4.69) is 38.1 Å². The van der Waals surface area contributed by atoms with E-state index < -0.39 is 0 Å². The second-order valence-corrected chi connectivity index (χ2v) is 4.58. The summed E-state index contributed by atoms with van der Waals surface area (Å²) in [6.45, 7) is 12.3. The molecule has 0 unspecified atom stereocenters. The fourth-order valence-corrected chi connectivity index (χ4v) is 2.21. The van der Waals surface area contributed by atoms with Crippen molar-refractivity contribution in [2.24, 2.45) is 0 Å². The highest BCUT2D eigenvalue weighted by molar-refractivity contribution is 6.07. The molecule has 0 N–H and O–H groups in total. The molecule has 0 fully saturated rings. The second kappa shape index (κ2) is 3.36. The molecule has 2 radical (unpaired) electrons. The van der Waals surface area contributed by atoms with E-state index in [0.717, 1.165) is 44.2 Å². The fourth-order valence-electron chi connectivity index (χ4n) is 2.21. The third kappa shape index (κ3) is 1.32. The Labute approximate surface area is 101 Å². The van der Waals surface area contributed by atoms with Gasteiger partial charge in [-0.05, 0) is 49.9 Å². The molecule has 3 rings (SSSR count). The van der Waals surface area contributed by atoms with Crippen LogP contribution in [0.5, 0.6) is 0 Å². The van der Waals surface area contributed by atoms with Crippen LogP contribution < -0.4 is 0 Å². The van der Waals surface area contributed by atoms with Gasteiger partial charge in [0.1, 0.15) is 11.2 Å². The van der Waals surface area contributed by atoms with Gasteiger partial charge in [0.2, 0.25) is 0 Å². The minimum absolute atomic E-state index is 0.885. The van der Waals surface area contributed by atoms with Gasteiger partial charge < -0.3 is 4.42 Å². The minimum Gasteiger partial charge on any atom is -0.455 e. The minimum atomic E-state index is 0.885. The average molecular weight is 222 g/mol. The van der Waals surface area contributed by atoms with Crippen LogP contribution in [-0.2, 0) is 0 Å². The zero-order valence-corrected chi connectivity index (χ0v) is 10.1. The lowest BCUT2D eigenvalue weighted by atomic mass is 10.0. The van der Waals surface area contributed by atoms with Crippen molar-refractivity contribution in [1.82, 2.24) is 0 Å². The van der Waals surface area contributed by atoms with Crippen molar-refractivity contribution in [3.05, 3.63) is 60.4 Å². The first-order chi connectivity index (χ1) is 8.09. The van der Waals surface area contributed by atoms with Gasteiger partial charge in [0.05, 0.1) is 0 Å². The van der Waals surface area contributed by atoms with Crippen molar-refractivity contribution in [2.75, 3.05) is 0 Å². The molecular weight excluding hydrogens is 208 g/mol. The molecule has 17 heavy (non-hydrogen) atoms. The number of rotatable bonds is 0. The molecule has 2 aromatic carbocycles. The van der Waals surface area contributed by atoms with Gasteiger partial charge in [0, 0.05) is 10.8 Å². The van der Waals surface area contributed by atoms with E-state index in [1.807, 2.05) is 13.8 Å². The molecule has 1 nitrogen and oxygen atoms in total. The first kappa shape index (κ1) is 10.4.